The fraction of sp³-hybridized carbons (Fsp3) is 0.714. The van der Waals surface area contributed by atoms with Crippen LogP contribution >= 0.6 is 0 Å². The van der Waals surface area contributed by atoms with Crippen molar-refractivity contribution in [3.8, 4) is 0 Å². The highest BCUT2D eigenvalue weighted by Crippen LogP contribution is 2.54. The first-order valence-corrected chi connectivity index (χ1v) is 3.76. The molecule has 80 valence electrons. The monoisotopic (exact) mass is 212 g/mol. The van der Waals surface area contributed by atoms with Crippen LogP contribution in [-0.2, 0) is 9.59 Å². The molecule has 0 radical (unpaired) electrons. The summed E-state index contributed by atoms with van der Waals surface area (Å²) < 4.78 is 36.6. The first kappa shape index (κ1) is 10.8. The van der Waals surface area contributed by atoms with Gasteiger partial charge in [0.15, 0.2) is 5.41 Å². The van der Waals surface area contributed by atoms with Gasteiger partial charge < -0.3 is 10.2 Å². The van der Waals surface area contributed by atoms with E-state index in [0.717, 1.165) is 0 Å². The second-order valence-corrected chi connectivity index (χ2v) is 3.21. The molecular formula is C7H7F3O4. The Bertz CT molecular complexity index is 269. The van der Waals surface area contributed by atoms with Crippen LogP contribution in [0.3, 0.4) is 0 Å². The van der Waals surface area contributed by atoms with E-state index in [4.69, 9.17) is 10.2 Å². The van der Waals surface area contributed by atoms with E-state index in [-0.39, 0.29) is 0 Å². The van der Waals surface area contributed by atoms with Crippen LogP contribution in [0.25, 0.3) is 0 Å². The van der Waals surface area contributed by atoms with Gasteiger partial charge in [0.05, 0.1) is 5.92 Å². The Labute approximate surface area is 76.3 Å². The summed E-state index contributed by atoms with van der Waals surface area (Å²) in [5.74, 6) is -6.11. The van der Waals surface area contributed by atoms with E-state index in [1.54, 1.807) is 0 Å². The fourth-order valence-corrected chi connectivity index (χ4v) is 1.62. The lowest BCUT2D eigenvalue weighted by molar-refractivity contribution is -0.246. The first-order valence-electron chi connectivity index (χ1n) is 3.76. The summed E-state index contributed by atoms with van der Waals surface area (Å²) in [6.07, 6.45) is -5.68. The van der Waals surface area contributed by atoms with Crippen LogP contribution in [0.5, 0.6) is 0 Å². The largest absolute Gasteiger partial charge is 0.480 e. The van der Waals surface area contributed by atoms with E-state index < -0.39 is 42.3 Å². The van der Waals surface area contributed by atoms with Crippen LogP contribution in [0.4, 0.5) is 13.2 Å². The van der Waals surface area contributed by atoms with Crippen molar-refractivity contribution in [1.29, 1.82) is 0 Å². The second-order valence-electron chi connectivity index (χ2n) is 3.21. The number of carbonyl (C=O) groups is 2. The topological polar surface area (TPSA) is 74.6 Å². The first-order chi connectivity index (χ1) is 6.23. The summed E-state index contributed by atoms with van der Waals surface area (Å²) in [5, 5.41) is 17.0. The van der Waals surface area contributed by atoms with E-state index in [9.17, 15) is 22.8 Å². The second kappa shape index (κ2) is 2.86. The van der Waals surface area contributed by atoms with Crippen molar-refractivity contribution in [3.63, 3.8) is 0 Å². The van der Waals surface area contributed by atoms with Crippen molar-refractivity contribution in [1.82, 2.24) is 0 Å². The van der Waals surface area contributed by atoms with E-state index in [0.29, 0.717) is 0 Å². The molecule has 0 spiro atoms. The average Bonchev–Trinajstić information content (AvgIpc) is 1.76. The number of halogens is 3. The van der Waals surface area contributed by atoms with Gasteiger partial charge in [-0.15, -0.1) is 0 Å². The average molecular weight is 212 g/mol. The molecule has 0 aliphatic heterocycles. The number of alkyl halides is 3. The van der Waals surface area contributed by atoms with E-state index in [1.807, 2.05) is 0 Å². The van der Waals surface area contributed by atoms with E-state index in [1.165, 1.54) is 0 Å². The highest BCUT2D eigenvalue weighted by Gasteiger charge is 2.68. The van der Waals surface area contributed by atoms with Gasteiger partial charge in [-0.1, -0.05) is 0 Å². The van der Waals surface area contributed by atoms with Crippen LogP contribution in [0, 0.1) is 11.3 Å². The van der Waals surface area contributed by atoms with Crippen LogP contribution < -0.4 is 0 Å². The summed E-state index contributed by atoms with van der Waals surface area (Å²) >= 11 is 0. The van der Waals surface area contributed by atoms with Crippen molar-refractivity contribution in [2.24, 2.45) is 11.3 Å². The fourth-order valence-electron chi connectivity index (χ4n) is 1.62. The van der Waals surface area contributed by atoms with Gasteiger partial charge in [-0.25, -0.2) is 0 Å². The minimum absolute atomic E-state index is 0.442. The predicted octanol–water partition coefficient (Wildman–Crippen LogP) is 1.11. The maximum absolute atomic E-state index is 12.2. The summed E-state index contributed by atoms with van der Waals surface area (Å²) in [6, 6.07) is 0. The third-order valence-electron chi connectivity index (χ3n) is 2.58. The lowest BCUT2D eigenvalue weighted by Crippen LogP contribution is -2.57. The van der Waals surface area contributed by atoms with Crippen molar-refractivity contribution in [2.45, 2.75) is 19.0 Å². The quantitative estimate of drug-likeness (QED) is 0.672. The van der Waals surface area contributed by atoms with Gasteiger partial charge in [-0.2, -0.15) is 13.2 Å². The molecule has 0 unspecified atom stereocenters. The normalized spacial score (nSPS) is 25.2. The molecule has 1 rings (SSSR count). The molecule has 7 heteroatoms. The van der Waals surface area contributed by atoms with Gasteiger partial charge in [0, 0.05) is 0 Å². The standard InChI is InChI=1S/C7H7F3O4/c8-7(9,10)3-1-2-6(3,4(11)12)5(13)14/h3H,1-2H2,(H,11,12)(H,13,14)/t3-/m1/s1. The van der Waals surface area contributed by atoms with Gasteiger partial charge in [-0.05, 0) is 12.8 Å². The van der Waals surface area contributed by atoms with E-state index in [2.05, 4.69) is 0 Å². The molecule has 4 nitrogen and oxygen atoms in total. The van der Waals surface area contributed by atoms with Gasteiger partial charge in [-0.3, -0.25) is 9.59 Å². The van der Waals surface area contributed by atoms with Gasteiger partial charge in [0.2, 0.25) is 0 Å². The molecule has 0 heterocycles. The lowest BCUT2D eigenvalue weighted by atomic mass is 9.59. The molecule has 1 atom stereocenters. The van der Waals surface area contributed by atoms with Gasteiger partial charge in [0.1, 0.15) is 0 Å². The van der Waals surface area contributed by atoms with E-state index >= 15 is 0 Å². The summed E-state index contributed by atoms with van der Waals surface area (Å²) in [6.45, 7) is 0. The number of rotatable bonds is 2. The SMILES string of the molecule is O=C(O)C1(C(=O)O)CC[C@H]1C(F)(F)F. The molecule has 0 saturated heterocycles. The molecule has 0 aromatic carbocycles. The van der Waals surface area contributed by atoms with Gasteiger partial charge in [0.25, 0.3) is 0 Å². The van der Waals surface area contributed by atoms with Crippen LogP contribution in [0.1, 0.15) is 12.8 Å². The highest BCUT2D eigenvalue weighted by molar-refractivity contribution is 5.99. The maximum atomic E-state index is 12.2. The molecule has 1 saturated carbocycles. The van der Waals surface area contributed by atoms with Crippen molar-refractivity contribution in [2.75, 3.05) is 0 Å². The zero-order valence-corrected chi connectivity index (χ0v) is 6.84. The molecule has 2 N–H and O–H groups in total. The number of carboxylic acid groups (broad SMARTS) is 2. The zero-order chi connectivity index (χ0) is 11.1. The molecule has 1 aliphatic carbocycles. The molecule has 0 amide bonds. The summed E-state index contributed by atoms with van der Waals surface area (Å²) in [7, 11) is 0. The van der Waals surface area contributed by atoms with Gasteiger partial charge >= 0.3 is 18.1 Å². The van der Waals surface area contributed by atoms with Crippen LogP contribution in [-0.4, -0.2) is 28.3 Å². The van der Waals surface area contributed by atoms with Crippen LogP contribution in [0.2, 0.25) is 0 Å². The lowest BCUT2D eigenvalue weighted by Gasteiger charge is -2.43. The number of aliphatic carboxylic acids is 2. The van der Waals surface area contributed by atoms with Crippen molar-refractivity contribution in [3.05, 3.63) is 0 Å². The minimum atomic E-state index is -4.77. The number of hydrogen-bond donors (Lipinski definition) is 2. The Morgan fingerprint density at radius 3 is 1.71 bits per heavy atom. The van der Waals surface area contributed by atoms with Crippen LogP contribution in [0.15, 0.2) is 0 Å². The maximum Gasteiger partial charge on any atom is 0.393 e. The molecule has 14 heavy (non-hydrogen) atoms. The third-order valence-corrected chi connectivity index (χ3v) is 2.58. The molecule has 0 bridgehead atoms. The Hall–Kier alpha value is -1.27. The molecule has 0 aromatic rings. The Morgan fingerprint density at radius 1 is 1.21 bits per heavy atom. The smallest absolute Gasteiger partial charge is 0.393 e. The summed E-state index contributed by atoms with van der Waals surface area (Å²) in [5.41, 5.74) is -2.67. The Morgan fingerprint density at radius 2 is 1.64 bits per heavy atom. The van der Waals surface area contributed by atoms with Crippen molar-refractivity contribution < 1.29 is 33.0 Å². The predicted molar refractivity (Wildman–Crippen MR) is 36.5 cm³/mol. The third kappa shape index (κ3) is 1.23. The number of hydrogen-bond acceptors (Lipinski definition) is 2. The molecule has 1 aliphatic rings. The number of carboxylic acids is 2. The highest BCUT2D eigenvalue weighted by atomic mass is 19.4. The molecular weight excluding hydrogens is 205 g/mol. The Kier molecular flexibility index (Phi) is 2.21. The van der Waals surface area contributed by atoms with Crippen molar-refractivity contribution >= 4 is 11.9 Å². The minimum Gasteiger partial charge on any atom is -0.480 e. The Balaban J connectivity index is 3.04. The molecule has 1 fully saturated rings. The molecule has 0 aromatic heterocycles. The summed E-state index contributed by atoms with van der Waals surface area (Å²) in [4.78, 5) is 21.0. The zero-order valence-electron chi connectivity index (χ0n) is 6.84.